The van der Waals surface area contributed by atoms with Crippen molar-refractivity contribution in [3.05, 3.63) is 34.9 Å². The first-order chi connectivity index (χ1) is 6.40. The molecule has 1 aromatic carbocycles. The smallest absolute Gasteiger partial charge is 0.0248 e. The Balaban J connectivity index is 2.38. The summed E-state index contributed by atoms with van der Waals surface area (Å²) >= 11 is 0. The van der Waals surface area contributed by atoms with E-state index in [0.29, 0.717) is 0 Å². The molecule has 0 saturated heterocycles. The van der Waals surface area contributed by atoms with Gasteiger partial charge in [0.25, 0.3) is 0 Å². The minimum atomic E-state index is 1.01. The summed E-state index contributed by atoms with van der Waals surface area (Å²) in [6, 6.07) is 6.50. The molecule has 1 aliphatic heterocycles. The first-order valence-corrected chi connectivity index (χ1v) is 4.65. The summed E-state index contributed by atoms with van der Waals surface area (Å²) in [5.74, 6) is 6.01. The summed E-state index contributed by atoms with van der Waals surface area (Å²) in [6.07, 6.45) is 1.13. The predicted octanol–water partition coefficient (Wildman–Crippen LogP) is 1.70. The maximum Gasteiger partial charge on any atom is 0.0248 e. The van der Waals surface area contributed by atoms with Gasteiger partial charge in [0.1, 0.15) is 0 Å². The Labute approximate surface area is 79.2 Å². The van der Waals surface area contributed by atoms with E-state index in [0.717, 1.165) is 25.1 Å². The summed E-state index contributed by atoms with van der Waals surface area (Å²) in [5.41, 5.74) is 4.02. The van der Waals surface area contributed by atoms with Crippen molar-refractivity contribution in [2.24, 2.45) is 0 Å². The van der Waals surface area contributed by atoms with Crippen molar-refractivity contribution in [1.29, 1.82) is 0 Å². The van der Waals surface area contributed by atoms with E-state index in [2.05, 4.69) is 35.4 Å². The quantitative estimate of drug-likeness (QED) is 0.586. The van der Waals surface area contributed by atoms with Gasteiger partial charge in [-0.3, -0.25) is 0 Å². The van der Waals surface area contributed by atoms with Crippen LogP contribution in [0.25, 0.3) is 0 Å². The van der Waals surface area contributed by atoms with Crippen LogP contribution in [0.2, 0.25) is 0 Å². The molecule has 0 atom stereocenters. The SMILES string of the molecule is CC#Cc1ccc2c(c1)CCNC2. The highest BCUT2D eigenvalue weighted by Gasteiger charge is 2.07. The molecule has 1 heterocycles. The second kappa shape index (κ2) is 3.64. The van der Waals surface area contributed by atoms with Crippen molar-refractivity contribution in [1.82, 2.24) is 5.32 Å². The van der Waals surface area contributed by atoms with Crippen LogP contribution in [0.3, 0.4) is 0 Å². The molecule has 0 radical (unpaired) electrons. The van der Waals surface area contributed by atoms with Gasteiger partial charge in [-0.25, -0.2) is 0 Å². The zero-order chi connectivity index (χ0) is 9.10. The van der Waals surface area contributed by atoms with Gasteiger partial charge in [-0.1, -0.05) is 12.0 Å². The number of benzene rings is 1. The fraction of sp³-hybridized carbons (Fsp3) is 0.333. The van der Waals surface area contributed by atoms with Crippen molar-refractivity contribution in [3.63, 3.8) is 0 Å². The average Bonchev–Trinajstić information content (AvgIpc) is 2.18. The predicted molar refractivity (Wildman–Crippen MR) is 54.4 cm³/mol. The summed E-state index contributed by atoms with van der Waals surface area (Å²) in [7, 11) is 0. The normalized spacial score (nSPS) is 14.2. The molecule has 0 aromatic heterocycles. The van der Waals surface area contributed by atoms with Crippen molar-refractivity contribution in [2.75, 3.05) is 6.54 Å². The lowest BCUT2D eigenvalue weighted by molar-refractivity contribution is 0.643. The minimum absolute atomic E-state index is 1.01. The van der Waals surface area contributed by atoms with Gasteiger partial charge in [-0.05, 0) is 43.1 Å². The van der Waals surface area contributed by atoms with Crippen LogP contribution in [0.5, 0.6) is 0 Å². The van der Waals surface area contributed by atoms with Crippen LogP contribution in [-0.4, -0.2) is 6.54 Å². The number of rotatable bonds is 0. The Morgan fingerprint density at radius 1 is 1.31 bits per heavy atom. The van der Waals surface area contributed by atoms with Crippen LogP contribution in [0.1, 0.15) is 23.6 Å². The van der Waals surface area contributed by atoms with Gasteiger partial charge >= 0.3 is 0 Å². The van der Waals surface area contributed by atoms with Crippen LogP contribution in [0.15, 0.2) is 18.2 Å². The maximum atomic E-state index is 3.36. The monoisotopic (exact) mass is 171 g/mol. The van der Waals surface area contributed by atoms with Gasteiger partial charge in [0.2, 0.25) is 0 Å². The molecule has 0 saturated carbocycles. The maximum absolute atomic E-state index is 3.36. The lowest BCUT2D eigenvalue weighted by Crippen LogP contribution is -2.23. The van der Waals surface area contributed by atoms with Crippen molar-refractivity contribution >= 4 is 0 Å². The van der Waals surface area contributed by atoms with Gasteiger partial charge < -0.3 is 5.32 Å². The van der Waals surface area contributed by atoms with Crippen molar-refractivity contribution in [3.8, 4) is 11.8 Å². The Hall–Kier alpha value is -1.26. The average molecular weight is 171 g/mol. The summed E-state index contributed by atoms with van der Waals surface area (Å²) in [5, 5.41) is 3.36. The van der Waals surface area contributed by atoms with Gasteiger partial charge in [0.15, 0.2) is 0 Å². The molecule has 0 amide bonds. The molecule has 2 rings (SSSR count). The zero-order valence-corrected chi connectivity index (χ0v) is 7.85. The molecule has 1 N–H and O–H groups in total. The van der Waals surface area contributed by atoms with Gasteiger partial charge in [0.05, 0.1) is 0 Å². The largest absolute Gasteiger partial charge is 0.312 e. The fourth-order valence-electron chi connectivity index (χ4n) is 1.70. The first-order valence-electron chi connectivity index (χ1n) is 4.65. The number of hydrogen-bond acceptors (Lipinski definition) is 1. The van der Waals surface area contributed by atoms with Crippen LogP contribution >= 0.6 is 0 Å². The third-order valence-corrected chi connectivity index (χ3v) is 2.36. The van der Waals surface area contributed by atoms with E-state index >= 15 is 0 Å². The second-order valence-electron chi connectivity index (χ2n) is 3.29. The molecule has 0 bridgehead atoms. The third kappa shape index (κ3) is 1.74. The molecule has 0 spiro atoms. The lowest BCUT2D eigenvalue weighted by atomic mass is 9.99. The van der Waals surface area contributed by atoms with Crippen LogP contribution < -0.4 is 5.32 Å². The lowest BCUT2D eigenvalue weighted by Gasteiger charge is -2.16. The first kappa shape index (κ1) is 8.34. The molecular formula is C12H13N. The second-order valence-corrected chi connectivity index (χ2v) is 3.29. The van der Waals surface area contributed by atoms with Gasteiger partial charge in [0, 0.05) is 12.1 Å². The molecule has 1 nitrogen and oxygen atoms in total. The van der Waals surface area contributed by atoms with Crippen molar-refractivity contribution in [2.45, 2.75) is 19.9 Å². The van der Waals surface area contributed by atoms with E-state index in [-0.39, 0.29) is 0 Å². The molecule has 1 aromatic rings. The van der Waals surface area contributed by atoms with Gasteiger partial charge in [-0.2, -0.15) is 0 Å². The number of hydrogen-bond donors (Lipinski definition) is 1. The van der Waals surface area contributed by atoms with E-state index in [1.54, 1.807) is 0 Å². The zero-order valence-electron chi connectivity index (χ0n) is 7.85. The highest BCUT2D eigenvalue weighted by molar-refractivity contribution is 5.41. The summed E-state index contributed by atoms with van der Waals surface area (Å²) in [4.78, 5) is 0. The van der Waals surface area contributed by atoms with Crippen LogP contribution in [0.4, 0.5) is 0 Å². The van der Waals surface area contributed by atoms with E-state index in [9.17, 15) is 0 Å². The third-order valence-electron chi connectivity index (χ3n) is 2.36. The molecule has 0 aliphatic carbocycles. The molecule has 0 fully saturated rings. The fourth-order valence-corrected chi connectivity index (χ4v) is 1.70. The Bertz CT molecular complexity index is 368. The molecule has 0 unspecified atom stereocenters. The number of nitrogens with one attached hydrogen (secondary N) is 1. The Morgan fingerprint density at radius 2 is 2.23 bits per heavy atom. The van der Waals surface area contributed by atoms with Crippen molar-refractivity contribution < 1.29 is 0 Å². The van der Waals surface area contributed by atoms with E-state index in [4.69, 9.17) is 0 Å². The summed E-state index contributed by atoms with van der Waals surface area (Å²) in [6.45, 7) is 3.98. The summed E-state index contributed by atoms with van der Waals surface area (Å²) < 4.78 is 0. The van der Waals surface area contributed by atoms with E-state index < -0.39 is 0 Å². The topological polar surface area (TPSA) is 12.0 Å². The van der Waals surface area contributed by atoms with Crippen LogP contribution in [0, 0.1) is 11.8 Å². The van der Waals surface area contributed by atoms with Crippen LogP contribution in [-0.2, 0) is 13.0 Å². The molecule has 1 aliphatic rings. The highest BCUT2D eigenvalue weighted by atomic mass is 14.9. The minimum Gasteiger partial charge on any atom is -0.312 e. The Morgan fingerprint density at radius 3 is 3.08 bits per heavy atom. The highest BCUT2D eigenvalue weighted by Crippen LogP contribution is 2.15. The van der Waals surface area contributed by atoms with E-state index in [1.165, 1.54) is 11.1 Å². The standard InChI is InChI=1S/C12H13N/c1-2-3-10-4-5-12-9-13-7-6-11(12)8-10/h4-5,8,13H,6-7,9H2,1H3. The number of fused-ring (bicyclic) bond motifs is 1. The van der Waals surface area contributed by atoms with Gasteiger partial charge in [-0.15, -0.1) is 5.92 Å². The Kier molecular flexibility index (Phi) is 2.33. The molecule has 13 heavy (non-hydrogen) atoms. The molecule has 66 valence electrons. The molecular weight excluding hydrogens is 158 g/mol. The van der Waals surface area contributed by atoms with E-state index in [1.807, 2.05) is 6.92 Å². The molecule has 1 heteroatoms.